The molecule has 162 valence electrons. The van der Waals surface area contributed by atoms with Gasteiger partial charge in [-0.1, -0.05) is 45.2 Å². The Labute approximate surface area is 195 Å². The van der Waals surface area contributed by atoms with Crippen LogP contribution in [0.5, 0.6) is 5.75 Å². The molecule has 0 radical (unpaired) electrons. The molecule has 0 saturated heterocycles. The summed E-state index contributed by atoms with van der Waals surface area (Å²) in [6, 6.07) is 9.79. The van der Waals surface area contributed by atoms with E-state index in [1.165, 1.54) is 4.90 Å². The third-order valence-electron chi connectivity index (χ3n) is 4.45. The van der Waals surface area contributed by atoms with E-state index < -0.39 is 6.04 Å². The van der Waals surface area contributed by atoms with E-state index in [0.29, 0.717) is 21.4 Å². The van der Waals surface area contributed by atoms with Gasteiger partial charge in [0.25, 0.3) is 5.91 Å². The van der Waals surface area contributed by atoms with Crippen LogP contribution < -0.4 is 10.1 Å². The highest BCUT2D eigenvalue weighted by Gasteiger charge is 2.27. The summed E-state index contributed by atoms with van der Waals surface area (Å²) in [4.78, 5) is 27.1. The van der Waals surface area contributed by atoms with Gasteiger partial charge in [-0.2, -0.15) is 0 Å². The zero-order valence-corrected chi connectivity index (χ0v) is 20.4. The van der Waals surface area contributed by atoms with Crippen molar-refractivity contribution >= 4 is 50.9 Å². The van der Waals surface area contributed by atoms with Gasteiger partial charge in [0.15, 0.2) is 6.61 Å². The zero-order chi connectivity index (χ0) is 22.4. The highest BCUT2D eigenvalue weighted by molar-refractivity contribution is 9.10. The van der Waals surface area contributed by atoms with Crippen molar-refractivity contribution in [3.63, 3.8) is 0 Å². The van der Waals surface area contributed by atoms with Crippen LogP contribution in [0.2, 0.25) is 10.0 Å². The predicted octanol–water partition coefficient (Wildman–Crippen LogP) is 5.39. The molecule has 0 spiro atoms. The monoisotopic (exact) mass is 514 g/mol. The number of benzene rings is 2. The lowest BCUT2D eigenvalue weighted by atomic mass is 10.1. The Hall–Kier alpha value is -1.76. The quantitative estimate of drug-likeness (QED) is 0.513. The molecule has 8 heteroatoms. The maximum atomic E-state index is 13.0. The smallest absolute Gasteiger partial charge is 0.261 e. The van der Waals surface area contributed by atoms with Crippen molar-refractivity contribution in [2.24, 2.45) is 0 Å². The first-order valence-corrected chi connectivity index (χ1v) is 11.1. The standard InChI is InChI=1S/C22H25BrCl2N2O3/c1-13(2)26-22(29)15(4)27(11-16-5-6-17(24)10-20(16)25)21(28)12-30-18-7-8-19(23)14(3)9-18/h5-10,13,15H,11-12H2,1-4H3,(H,26,29). The number of nitrogens with zero attached hydrogens (tertiary/aromatic N) is 1. The fourth-order valence-electron chi connectivity index (χ4n) is 2.76. The van der Waals surface area contributed by atoms with E-state index in [1.54, 1.807) is 31.2 Å². The number of rotatable bonds is 8. The Bertz CT molecular complexity index is 921. The highest BCUT2D eigenvalue weighted by atomic mass is 79.9. The van der Waals surface area contributed by atoms with Gasteiger partial charge in [-0.25, -0.2) is 0 Å². The summed E-state index contributed by atoms with van der Waals surface area (Å²) in [6.45, 7) is 7.31. The second-order valence-corrected chi connectivity index (χ2v) is 8.99. The molecular weight excluding hydrogens is 491 g/mol. The van der Waals surface area contributed by atoms with E-state index in [9.17, 15) is 9.59 Å². The van der Waals surface area contributed by atoms with Gasteiger partial charge in [-0.15, -0.1) is 0 Å². The molecule has 30 heavy (non-hydrogen) atoms. The number of aryl methyl sites for hydroxylation is 1. The summed E-state index contributed by atoms with van der Waals surface area (Å²) >= 11 is 15.7. The van der Waals surface area contributed by atoms with Crippen molar-refractivity contribution in [3.05, 3.63) is 62.0 Å². The Balaban J connectivity index is 2.20. The van der Waals surface area contributed by atoms with Gasteiger partial charge in [0, 0.05) is 27.1 Å². The van der Waals surface area contributed by atoms with Gasteiger partial charge < -0.3 is 15.0 Å². The molecule has 1 atom stereocenters. The summed E-state index contributed by atoms with van der Waals surface area (Å²) in [7, 11) is 0. The van der Waals surface area contributed by atoms with Gasteiger partial charge in [0.05, 0.1) is 0 Å². The largest absolute Gasteiger partial charge is 0.484 e. The molecule has 1 unspecified atom stereocenters. The van der Waals surface area contributed by atoms with Crippen molar-refractivity contribution in [1.29, 1.82) is 0 Å². The van der Waals surface area contributed by atoms with Crippen molar-refractivity contribution in [2.45, 2.75) is 46.3 Å². The molecule has 1 N–H and O–H groups in total. The third kappa shape index (κ3) is 6.89. The molecule has 0 aromatic heterocycles. The number of halogens is 3. The van der Waals surface area contributed by atoms with Crippen LogP contribution in [-0.4, -0.2) is 35.4 Å². The Kier molecular flexibility index (Phi) is 9.01. The molecule has 0 aliphatic carbocycles. The van der Waals surface area contributed by atoms with Crippen molar-refractivity contribution < 1.29 is 14.3 Å². The van der Waals surface area contributed by atoms with E-state index in [1.807, 2.05) is 32.9 Å². The van der Waals surface area contributed by atoms with Crippen LogP contribution in [0.3, 0.4) is 0 Å². The molecule has 2 rings (SSSR count). The minimum Gasteiger partial charge on any atom is -0.484 e. The molecule has 2 aromatic carbocycles. The topological polar surface area (TPSA) is 58.6 Å². The van der Waals surface area contributed by atoms with Crippen LogP contribution >= 0.6 is 39.1 Å². The van der Waals surface area contributed by atoms with Crippen LogP contribution in [0.4, 0.5) is 0 Å². The van der Waals surface area contributed by atoms with Crippen molar-refractivity contribution in [1.82, 2.24) is 10.2 Å². The lowest BCUT2D eigenvalue weighted by Crippen LogP contribution is -2.50. The number of carbonyl (C=O) groups excluding carboxylic acids is 2. The summed E-state index contributed by atoms with van der Waals surface area (Å²) in [5.41, 5.74) is 1.69. The van der Waals surface area contributed by atoms with Crippen LogP contribution in [0.25, 0.3) is 0 Å². The molecule has 2 amide bonds. The van der Waals surface area contributed by atoms with Gasteiger partial charge in [-0.05, 0) is 69.2 Å². The first-order valence-electron chi connectivity index (χ1n) is 9.51. The van der Waals surface area contributed by atoms with Crippen LogP contribution in [-0.2, 0) is 16.1 Å². The predicted molar refractivity (Wildman–Crippen MR) is 124 cm³/mol. The second kappa shape index (κ2) is 11.0. The van der Waals surface area contributed by atoms with Crippen molar-refractivity contribution in [2.75, 3.05) is 6.61 Å². The molecule has 0 bridgehead atoms. The Morgan fingerprint density at radius 2 is 1.83 bits per heavy atom. The molecule has 5 nitrogen and oxygen atoms in total. The summed E-state index contributed by atoms with van der Waals surface area (Å²) in [5, 5.41) is 3.77. The first-order chi connectivity index (χ1) is 14.1. The summed E-state index contributed by atoms with van der Waals surface area (Å²) < 4.78 is 6.64. The number of hydrogen-bond donors (Lipinski definition) is 1. The highest BCUT2D eigenvalue weighted by Crippen LogP contribution is 2.24. The molecular formula is C22H25BrCl2N2O3. The maximum Gasteiger partial charge on any atom is 0.261 e. The zero-order valence-electron chi connectivity index (χ0n) is 17.3. The number of amides is 2. The fourth-order valence-corrected chi connectivity index (χ4v) is 3.47. The Morgan fingerprint density at radius 3 is 2.43 bits per heavy atom. The summed E-state index contributed by atoms with van der Waals surface area (Å²) in [6.07, 6.45) is 0. The molecule has 2 aromatic rings. The number of nitrogens with one attached hydrogen (secondary N) is 1. The average molecular weight is 516 g/mol. The van der Waals surface area contributed by atoms with Gasteiger partial charge in [-0.3, -0.25) is 9.59 Å². The number of carbonyl (C=O) groups is 2. The average Bonchev–Trinajstić information content (AvgIpc) is 2.67. The van der Waals surface area contributed by atoms with Gasteiger partial charge in [0.1, 0.15) is 11.8 Å². The van der Waals surface area contributed by atoms with Gasteiger partial charge in [0.2, 0.25) is 5.91 Å². The van der Waals surface area contributed by atoms with E-state index in [2.05, 4.69) is 21.2 Å². The molecule has 0 aliphatic heterocycles. The van der Waals surface area contributed by atoms with Crippen LogP contribution in [0.15, 0.2) is 40.9 Å². The molecule has 0 aliphatic rings. The molecule has 0 heterocycles. The Morgan fingerprint density at radius 1 is 1.13 bits per heavy atom. The minimum absolute atomic E-state index is 0.0435. The first kappa shape index (κ1) is 24.5. The SMILES string of the molecule is Cc1cc(OCC(=O)N(Cc2ccc(Cl)cc2Cl)C(C)C(=O)NC(C)C)ccc1Br. The molecule has 0 fully saturated rings. The van der Waals surface area contributed by atoms with E-state index in [4.69, 9.17) is 27.9 Å². The van der Waals surface area contributed by atoms with Gasteiger partial charge >= 0.3 is 0 Å². The third-order valence-corrected chi connectivity index (χ3v) is 5.92. The minimum atomic E-state index is -0.707. The maximum absolute atomic E-state index is 13.0. The van der Waals surface area contributed by atoms with E-state index in [-0.39, 0.29) is 31.0 Å². The second-order valence-electron chi connectivity index (χ2n) is 7.30. The fraction of sp³-hybridized carbons (Fsp3) is 0.364. The van der Waals surface area contributed by atoms with Crippen molar-refractivity contribution in [3.8, 4) is 5.75 Å². The number of hydrogen-bond acceptors (Lipinski definition) is 3. The molecule has 0 saturated carbocycles. The lowest BCUT2D eigenvalue weighted by Gasteiger charge is -2.29. The van der Waals surface area contributed by atoms with E-state index >= 15 is 0 Å². The van der Waals surface area contributed by atoms with Crippen LogP contribution in [0.1, 0.15) is 31.9 Å². The van der Waals surface area contributed by atoms with E-state index in [0.717, 1.165) is 10.0 Å². The number of ether oxygens (including phenoxy) is 1. The van der Waals surface area contributed by atoms with Crippen LogP contribution in [0, 0.1) is 6.92 Å². The summed E-state index contributed by atoms with van der Waals surface area (Å²) in [5.74, 6) is 0.00345. The lowest BCUT2D eigenvalue weighted by molar-refractivity contribution is -0.142. The normalized spacial score (nSPS) is 11.9.